The molecule has 0 bridgehead atoms. The maximum atomic E-state index is 3.84. The Kier molecular flexibility index (Phi) is 20.4. The molecule has 0 aromatic heterocycles. The van der Waals surface area contributed by atoms with Crippen LogP contribution in [0.15, 0.2) is 0 Å². The summed E-state index contributed by atoms with van der Waals surface area (Å²) in [6, 6.07) is 0. The van der Waals surface area contributed by atoms with Crippen molar-refractivity contribution in [2.45, 2.75) is 71.1 Å². The predicted molar refractivity (Wildman–Crippen MR) is 57.2 cm³/mol. The van der Waals surface area contributed by atoms with Crippen molar-refractivity contribution in [1.29, 1.82) is 0 Å². The van der Waals surface area contributed by atoms with Gasteiger partial charge in [-0.1, -0.05) is 78.1 Å². The number of unbranched alkanes of at least 4 members (excludes halogenated alkanes) is 9. The first-order valence-corrected chi connectivity index (χ1v) is 5.71. The molecule has 13 heavy (non-hydrogen) atoms. The van der Waals surface area contributed by atoms with Crippen molar-refractivity contribution < 1.29 is 40.8 Å². The van der Waals surface area contributed by atoms with Crippen LogP contribution in [0.3, 0.4) is 0 Å². The van der Waals surface area contributed by atoms with Crippen LogP contribution in [0.25, 0.3) is 0 Å². The minimum absolute atomic E-state index is 0. The molecule has 1 heteroatoms. The summed E-state index contributed by atoms with van der Waals surface area (Å²) in [4.78, 5) is 0. The van der Waals surface area contributed by atoms with Crippen molar-refractivity contribution in [2.24, 2.45) is 0 Å². The fourth-order valence-electron chi connectivity index (χ4n) is 1.49. The van der Waals surface area contributed by atoms with Gasteiger partial charge in [0, 0.05) is 40.8 Å². The molecule has 0 saturated carbocycles. The third-order valence-electron chi connectivity index (χ3n) is 2.35. The van der Waals surface area contributed by atoms with Crippen molar-refractivity contribution in [1.82, 2.24) is 0 Å². The second-order valence-electron chi connectivity index (χ2n) is 3.68. The van der Waals surface area contributed by atoms with Gasteiger partial charge in [-0.05, 0) is 0 Å². The molecule has 0 unspecified atom stereocenters. The predicted octanol–water partition coefficient (Wildman–Crippen LogP) is 4.74. The maximum absolute atomic E-state index is 3.84. The Morgan fingerprint density at radius 3 is 1.46 bits per heavy atom. The Hall–Kier alpha value is 1.35. The summed E-state index contributed by atoms with van der Waals surface area (Å²) >= 11 is 0. The summed E-state index contributed by atoms with van der Waals surface area (Å²) < 4.78 is 0. The summed E-state index contributed by atoms with van der Waals surface area (Å²) in [7, 11) is 0. The van der Waals surface area contributed by atoms with Gasteiger partial charge in [-0.2, -0.15) is 0 Å². The van der Waals surface area contributed by atoms with Gasteiger partial charge in [0.15, 0.2) is 0 Å². The molecule has 0 saturated heterocycles. The van der Waals surface area contributed by atoms with Crippen LogP contribution in [0.1, 0.15) is 71.1 Å². The Morgan fingerprint density at radius 1 is 0.692 bits per heavy atom. The average Bonchev–Trinajstić information content (AvgIpc) is 2.10. The number of hydrogen-bond donors (Lipinski definition) is 0. The van der Waals surface area contributed by atoms with Crippen LogP contribution in [-0.4, -0.2) is 0 Å². The van der Waals surface area contributed by atoms with Crippen molar-refractivity contribution in [2.75, 3.05) is 0 Å². The van der Waals surface area contributed by atoms with Gasteiger partial charge in [-0.25, -0.2) is 0 Å². The molecule has 0 nitrogen and oxygen atoms in total. The third kappa shape index (κ3) is 16.1. The monoisotopic (exact) mass is 311 g/mol. The van der Waals surface area contributed by atoms with Gasteiger partial charge in [-0.15, -0.1) is 0 Å². The summed E-state index contributed by atoms with van der Waals surface area (Å²) in [5, 5.41) is 0. The molecule has 0 aliphatic rings. The van der Waals surface area contributed by atoms with E-state index in [2.05, 4.69) is 13.8 Å². The van der Waals surface area contributed by atoms with E-state index in [-0.39, 0.29) is 40.8 Å². The molecule has 0 aromatic carbocycles. The minimum Gasteiger partial charge on any atom is -0.0654 e. The van der Waals surface area contributed by atoms with Gasteiger partial charge in [0.05, 0.1) is 0 Å². The van der Waals surface area contributed by atoms with E-state index in [4.69, 9.17) is 0 Å². The maximum Gasteiger partial charge on any atom is 0 e. The summed E-state index contributed by atoms with van der Waals surface area (Å²) in [5.41, 5.74) is 0. The minimum atomic E-state index is 0. The van der Waals surface area contributed by atoms with E-state index in [9.17, 15) is 0 Å². The Morgan fingerprint density at radius 2 is 1.08 bits per heavy atom. The van der Waals surface area contributed by atoms with Crippen LogP contribution in [0.5, 0.6) is 0 Å². The van der Waals surface area contributed by atoms with Crippen LogP contribution in [0.4, 0.5) is 0 Å². The first-order chi connectivity index (χ1) is 5.91. The van der Waals surface area contributed by atoms with Crippen molar-refractivity contribution in [3.63, 3.8) is 0 Å². The molecule has 0 N–H and O–H groups in total. The average molecular weight is 314 g/mol. The zero-order chi connectivity index (χ0) is 9.07. The molecule has 0 aliphatic heterocycles. The van der Waals surface area contributed by atoms with Crippen LogP contribution in [0.2, 0.25) is 0 Å². The SMILES string of the molecule is [CH2]CCCCCCCCCCC.[Nd]. The fraction of sp³-hybridized carbons (Fsp3) is 0.917. The van der Waals surface area contributed by atoms with E-state index >= 15 is 0 Å². The van der Waals surface area contributed by atoms with E-state index in [1.807, 2.05) is 0 Å². The normalized spacial score (nSPS) is 9.69. The Bertz CT molecular complexity index is 61.5. The molecule has 1 radical (unpaired) electrons. The molecular formula is C12H25Nd. The first kappa shape index (κ1) is 16.8. The number of hydrogen-bond acceptors (Lipinski definition) is 0. The topological polar surface area (TPSA) is 0 Å². The zero-order valence-corrected chi connectivity index (χ0v) is 12.5. The molecule has 77 valence electrons. The van der Waals surface area contributed by atoms with Gasteiger partial charge in [0.25, 0.3) is 0 Å². The van der Waals surface area contributed by atoms with E-state index in [0.717, 1.165) is 6.42 Å². The van der Waals surface area contributed by atoms with Gasteiger partial charge < -0.3 is 0 Å². The van der Waals surface area contributed by atoms with Gasteiger partial charge >= 0.3 is 0 Å². The van der Waals surface area contributed by atoms with E-state index < -0.39 is 0 Å². The van der Waals surface area contributed by atoms with Crippen LogP contribution in [-0.2, 0) is 0 Å². The summed E-state index contributed by atoms with van der Waals surface area (Å²) in [6.07, 6.45) is 13.9. The quantitative estimate of drug-likeness (QED) is 0.539. The first-order valence-electron chi connectivity index (χ1n) is 5.71. The van der Waals surface area contributed by atoms with E-state index in [1.165, 1.54) is 57.8 Å². The standard InChI is InChI=1S/C12H25.Nd/c1-3-5-7-9-11-12-10-8-6-4-2;/h1,3-12H2,2H3;. The molecule has 0 atom stereocenters. The zero-order valence-electron chi connectivity index (χ0n) is 9.28. The van der Waals surface area contributed by atoms with Gasteiger partial charge in [-0.3, -0.25) is 0 Å². The van der Waals surface area contributed by atoms with Crippen molar-refractivity contribution in [3.8, 4) is 0 Å². The van der Waals surface area contributed by atoms with Crippen molar-refractivity contribution >= 4 is 0 Å². The van der Waals surface area contributed by atoms with Gasteiger partial charge in [0.2, 0.25) is 0 Å². The fourth-order valence-corrected chi connectivity index (χ4v) is 1.49. The Balaban J connectivity index is 0. The second kappa shape index (κ2) is 15.8. The molecular weight excluding hydrogens is 288 g/mol. The molecule has 0 amide bonds. The molecule has 0 aliphatic carbocycles. The van der Waals surface area contributed by atoms with Crippen LogP contribution in [0, 0.1) is 47.8 Å². The van der Waals surface area contributed by atoms with E-state index in [0.29, 0.717) is 0 Å². The molecule has 0 fully saturated rings. The summed E-state index contributed by atoms with van der Waals surface area (Å²) in [5.74, 6) is 0. The van der Waals surface area contributed by atoms with Crippen LogP contribution < -0.4 is 0 Å². The van der Waals surface area contributed by atoms with E-state index in [1.54, 1.807) is 0 Å². The number of rotatable bonds is 9. The molecule has 0 aromatic rings. The third-order valence-corrected chi connectivity index (χ3v) is 2.35. The van der Waals surface area contributed by atoms with Gasteiger partial charge in [0.1, 0.15) is 0 Å². The molecule has 0 rings (SSSR count). The smallest absolute Gasteiger partial charge is 0 e. The van der Waals surface area contributed by atoms with Crippen molar-refractivity contribution in [3.05, 3.63) is 6.92 Å². The Labute approximate surface area is 118 Å². The molecule has 0 spiro atoms. The summed E-state index contributed by atoms with van der Waals surface area (Å²) in [6.45, 7) is 6.12. The molecule has 0 heterocycles. The largest absolute Gasteiger partial charge is 0.0654 e. The van der Waals surface area contributed by atoms with Crippen LogP contribution >= 0.6 is 0 Å². The second-order valence-corrected chi connectivity index (χ2v) is 3.68.